The lowest BCUT2D eigenvalue weighted by Gasteiger charge is -2.34. The van der Waals surface area contributed by atoms with Gasteiger partial charge in [-0.1, -0.05) is 18.2 Å². The summed E-state index contributed by atoms with van der Waals surface area (Å²) in [4.78, 5) is 14.4. The van der Waals surface area contributed by atoms with E-state index in [9.17, 15) is 4.79 Å². The van der Waals surface area contributed by atoms with Gasteiger partial charge < -0.3 is 14.8 Å². The van der Waals surface area contributed by atoms with E-state index in [-0.39, 0.29) is 6.09 Å². The molecule has 1 aromatic rings. The normalized spacial score (nSPS) is 18.3. The van der Waals surface area contributed by atoms with E-state index < -0.39 is 5.60 Å². The van der Waals surface area contributed by atoms with Crippen molar-refractivity contribution in [3.8, 4) is 0 Å². The van der Waals surface area contributed by atoms with E-state index in [1.807, 2.05) is 20.8 Å². The van der Waals surface area contributed by atoms with Crippen LogP contribution in [0.4, 0.5) is 10.5 Å². The first-order chi connectivity index (χ1) is 10.9. The number of para-hydroxylation sites is 1. The highest BCUT2D eigenvalue weighted by molar-refractivity contribution is 5.90. The van der Waals surface area contributed by atoms with Gasteiger partial charge in [-0.3, -0.25) is 4.90 Å². The van der Waals surface area contributed by atoms with Crippen LogP contribution in [0.2, 0.25) is 0 Å². The van der Waals surface area contributed by atoms with Crippen LogP contribution in [0.25, 0.3) is 0 Å². The lowest BCUT2D eigenvalue weighted by atomic mass is 9.97. The summed E-state index contributed by atoms with van der Waals surface area (Å²) in [5, 5.41) is 3.49. The summed E-state index contributed by atoms with van der Waals surface area (Å²) < 4.78 is 10.8. The Balaban J connectivity index is 1.81. The minimum atomic E-state index is -0.481. The highest BCUT2D eigenvalue weighted by atomic mass is 16.6. The Kier molecular flexibility index (Phi) is 4.60. The Morgan fingerprint density at radius 1 is 1.39 bits per heavy atom. The van der Waals surface area contributed by atoms with Crippen molar-refractivity contribution < 1.29 is 14.3 Å². The number of fused-ring (bicyclic) bond motifs is 1. The van der Waals surface area contributed by atoms with E-state index in [1.54, 1.807) is 4.90 Å². The van der Waals surface area contributed by atoms with Crippen LogP contribution in [0.1, 0.15) is 38.3 Å². The average Bonchev–Trinajstić information content (AvgIpc) is 2.43. The topological polar surface area (TPSA) is 50.8 Å². The molecule has 1 N–H and O–H groups in total. The molecular formula is C18H26N2O3. The molecule has 1 fully saturated rings. The molecule has 0 atom stereocenters. The second-order valence-corrected chi connectivity index (χ2v) is 7.28. The van der Waals surface area contributed by atoms with Crippen LogP contribution < -0.4 is 10.2 Å². The zero-order valence-electron chi connectivity index (χ0n) is 14.2. The number of hydrogen-bond donors (Lipinski definition) is 1. The predicted molar refractivity (Wildman–Crippen MR) is 89.8 cm³/mol. The van der Waals surface area contributed by atoms with Crippen LogP contribution in [-0.2, 0) is 22.4 Å². The van der Waals surface area contributed by atoms with Crippen molar-refractivity contribution in [2.24, 2.45) is 0 Å². The third kappa shape index (κ3) is 3.85. The number of rotatable bonds is 3. The Bertz CT molecular complexity index is 576. The van der Waals surface area contributed by atoms with E-state index >= 15 is 0 Å². The van der Waals surface area contributed by atoms with Gasteiger partial charge in [0.2, 0.25) is 0 Å². The van der Waals surface area contributed by atoms with Crippen molar-refractivity contribution in [3.63, 3.8) is 0 Å². The summed E-state index contributed by atoms with van der Waals surface area (Å²) in [6, 6.07) is 6.70. The van der Waals surface area contributed by atoms with Gasteiger partial charge in [0.1, 0.15) is 5.60 Å². The number of ether oxygens (including phenoxy) is 2. The number of benzene rings is 1. The smallest absolute Gasteiger partial charge is 0.414 e. The highest BCUT2D eigenvalue weighted by Gasteiger charge is 2.29. The van der Waals surface area contributed by atoms with Crippen molar-refractivity contribution in [1.29, 1.82) is 0 Å². The molecule has 0 bridgehead atoms. The van der Waals surface area contributed by atoms with Gasteiger partial charge in [0, 0.05) is 13.1 Å². The number of nitrogens with one attached hydrogen (secondary N) is 1. The second-order valence-electron chi connectivity index (χ2n) is 7.28. The molecule has 2 aliphatic heterocycles. The van der Waals surface area contributed by atoms with Gasteiger partial charge in [-0.05, 0) is 44.7 Å². The van der Waals surface area contributed by atoms with E-state index in [1.165, 1.54) is 5.56 Å². The summed E-state index contributed by atoms with van der Waals surface area (Å²) in [5.74, 6) is 0. The van der Waals surface area contributed by atoms with Gasteiger partial charge in [0.15, 0.2) is 0 Å². The number of aryl methyl sites for hydroxylation is 1. The van der Waals surface area contributed by atoms with Crippen LogP contribution in [0.3, 0.4) is 0 Å². The minimum Gasteiger partial charge on any atom is -0.443 e. The molecule has 126 valence electrons. The number of nitrogens with zero attached hydrogens (tertiary/aromatic N) is 1. The summed E-state index contributed by atoms with van der Waals surface area (Å²) in [6.07, 6.45) is 1.73. The van der Waals surface area contributed by atoms with Crippen LogP contribution in [0.5, 0.6) is 0 Å². The fraction of sp³-hybridized carbons (Fsp3) is 0.611. The molecule has 0 aromatic heterocycles. The quantitative estimate of drug-likeness (QED) is 0.931. The molecule has 5 nitrogen and oxygen atoms in total. The second kappa shape index (κ2) is 6.49. The maximum Gasteiger partial charge on any atom is 0.414 e. The monoisotopic (exact) mass is 318 g/mol. The Hall–Kier alpha value is -1.59. The molecule has 2 heterocycles. The van der Waals surface area contributed by atoms with Crippen molar-refractivity contribution in [3.05, 3.63) is 29.3 Å². The van der Waals surface area contributed by atoms with Crippen LogP contribution in [0.15, 0.2) is 18.2 Å². The lowest BCUT2D eigenvalue weighted by molar-refractivity contribution is -0.00578. The molecule has 1 amide bonds. The predicted octanol–water partition coefficient (Wildman–Crippen LogP) is 2.86. The van der Waals surface area contributed by atoms with E-state index in [0.717, 1.165) is 43.9 Å². The molecule has 1 aromatic carbocycles. The molecule has 0 unspecified atom stereocenters. The minimum absolute atomic E-state index is 0.252. The molecule has 3 rings (SSSR count). The molecule has 0 spiro atoms. The SMILES string of the molecule is CC(C)(C)OC(=O)N1CCCc2cccc(CNC3COC3)c21. The average molecular weight is 318 g/mol. The van der Waals surface area contributed by atoms with Crippen LogP contribution in [-0.4, -0.2) is 37.5 Å². The van der Waals surface area contributed by atoms with Gasteiger partial charge in [0.25, 0.3) is 0 Å². The Morgan fingerprint density at radius 2 is 2.17 bits per heavy atom. The van der Waals surface area contributed by atoms with Gasteiger partial charge in [-0.25, -0.2) is 4.79 Å². The number of hydrogen-bond acceptors (Lipinski definition) is 4. The van der Waals surface area contributed by atoms with Gasteiger partial charge in [-0.2, -0.15) is 0 Å². The van der Waals surface area contributed by atoms with E-state index in [4.69, 9.17) is 9.47 Å². The molecule has 1 saturated heterocycles. The largest absolute Gasteiger partial charge is 0.443 e. The molecule has 23 heavy (non-hydrogen) atoms. The van der Waals surface area contributed by atoms with Crippen molar-refractivity contribution in [2.75, 3.05) is 24.7 Å². The highest BCUT2D eigenvalue weighted by Crippen LogP contribution is 2.32. The number of anilines is 1. The molecule has 0 aliphatic carbocycles. The van der Waals surface area contributed by atoms with Gasteiger partial charge in [-0.15, -0.1) is 0 Å². The fourth-order valence-electron chi connectivity index (χ4n) is 2.98. The number of amides is 1. The van der Waals surface area contributed by atoms with E-state index in [0.29, 0.717) is 12.6 Å². The van der Waals surface area contributed by atoms with Crippen molar-refractivity contribution in [2.45, 2.75) is 51.8 Å². The molecule has 0 radical (unpaired) electrons. The Morgan fingerprint density at radius 3 is 2.83 bits per heavy atom. The molecule has 5 heteroatoms. The summed E-state index contributed by atoms with van der Waals surface area (Å²) in [5.41, 5.74) is 2.93. The lowest BCUT2D eigenvalue weighted by Crippen LogP contribution is -2.46. The third-order valence-corrected chi connectivity index (χ3v) is 4.13. The number of carbonyl (C=O) groups is 1. The third-order valence-electron chi connectivity index (χ3n) is 4.13. The van der Waals surface area contributed by atoms with Crippen LogP contribution in [0, 0.1) is 0 Å². The summed E-state index contributed by atoms with van der Waals surface area (Å²) in [6.45, 7) is 8.71. The maximum atomic E-state index is 12.6. The fourth-order valence-corrected chi connectivity index (χ4v) is 2.98. The first kappa shape index (κ1) is 16.3. The van der Waals surface area contributed by atoms with Crippen molar-refractivity contribution >= 4 is 11.8 Å². The molecule has 2 aliphatic rings. The number of carbonyl (C=O) groups excluding carboxylic acids is 1. The first-order valence-corrected chi connectivity index (χ1v) is 8.36. The first-order valence-electron chi connectivity index (χ1n) is 8.36. The van der Waals surface area contributed by atoms with Crippen molar-refractivity contribution in [1.82, 2.24) is 5.32 Å². The van der Waals surface area contributed by atoms with Gasteiger partial charge in [0.05, 0.1) is 24.9 Å². The summed E-state index contributed by atoms with van der Waals surface area (Å²) >= 11 is 0. The molecule has 0 saturated carbocycles. The Labute approximate surface area is 137 Å². The van der Waals surface area contributed by atoms with E-state index in [2.05, 4.69) is 23.5 Å². The zero-order valence-corrected chi connectivity index (χ0v) is 14.2. The van der Waals surface area contributed by atoms with Crippen LogP contribution >= 0.6 is 0 Å². The van der Waals surface area contributed by atoms with Gasteiger partial charge >= 0.3 is 6.09 Å². The standard InChI is InChI=1S/C18H26N2O3/c1-18(2,3)23-17(21)20-9-5-8-13-6-4-7-14(16(13)20)10-19-15-11-22-12-15/h4,6-7,15,19H,5,8-12H2,1-3H3. The maximum absolute atomic E-state index is 12.6. The zero-order chi connectivity index (χ0) is 16.4. The summed E-state index contributed by atoms with van der Waals surface area (Å²) in [7, 11) is 0. The molecular weight excluding hydrogens is 292 g/mol.